The summed E-state index contributed by atoms with van der Waals surface area (Å²) < 4.78 is 0. The predicted octanol–water partition coefficient (Wildman–Crippen LogP) is 0.592. The Balaban J connectivity index is 3.05. The Kier molecular flexibility index (Phi) is 7.00. The molecule has 0 rings (SSSR count). The zero-order valence-electron chi connectivity index (χ0n) is 7.97. The standard InChI is InChI=1S/C9H19N2O/c1-8(2)11-6-4-3-5-9(10)7-12/h8-9,11H,3-6,10H2,1-2H3/t9-/m0/s1. The van der Waals surface area contributed by atoms with Gasteiger partial charge in [-0.05, 0) is 19.4 Å². The molecule has 0 aliphatic heterocycles. The van der Waals surface area contributed by atoms with Crippen LogP contribution >= 0.6 is 0 Å². The van der Waals surface area contributed by atoms with Gasteiger partial charge < -0.3 is 11.1 Å². The number of nitrogens with two attached hydrogens (primary N) is 1. The summed E-state index contributed by atoms with van der Waals surface area (Å²) in [5, 5.41) is 3.30. The Bertz CT molecular complexity index is 115. The molecule has 0 fully saturated rings. The molecule has 0 aliphatic carbocycles. The van der Waals surface area contributed by atoms with E-state index in [0.29, 0.717) is 6.04 Å². The summed E-state index contributed by atoms with van der Waals surface area (Å²) in [6.45, 7) is 5.24. The van der Waals surface area contributed by atoms with Crippen LogP contribution in [0.1, 0.15) is 33.1 Å². The maximum atomic E-state index is 10.0. The molecular formula is C9H19N2O. The van der Waals surface area contributed by atoms with Crippen molar-refractivity contribution in [1.29, 1.82) is 0 Å². The van der Waals surface area contributed by atoms with Crippen molar-refractivity contribution in [3.05, 3.63) is 0 Å². The van der Waals surface area contributed by atoms with Crippen LogP contribution in [0.25, 0.3) is 0 Å². The molecule has 0 saturated carbocycles. The number of unbranched alkanes of at least 4 members (excludes halogenated alkanes) is 1. The molecule has 0 aliphatic rings. The molecule has 0 aromatic rings. The molecule has 71 valence electrons. The molecule has 0 heterocycles. The fourth-order valence-electron chi connectivity index (χ4n) is 0.939. The lowest BCUT2D eigenvalue weighted by molar-refractivity contribution is 0.516. The van der Waals surface area contributed by atoms with E-state index >= 15 is 0 Å². The lowest BCUT2D eigenvalue weighted by Gasteiger charge is -2.07. The van der Waals surface area contributed by atoms with Crippen molar-refractivity contribution >= 4 is 6.29 Å². The highest BCUT2D eigenvalue weighted by Gasteiger charge is 1.99. The summed E-state index contributed by atoms with van der Waals surface area (Å²) in [6.07, 6.45) is 4.60. The second-order valence-electron chi connectivity index (χ2n) is 3.33. The van der Waals surface area contributed by atoms with Crippen LogP contribution in [0.3, 0.4) is 0 Å². The minimum Gasteiger partial charge on any atom is -0.321 e. The van der Waals surface area contributed by atoms with Crippen molar-refractivity contribution in [3.63, 3.8) is 0 Å². The van der Waals surface area contributed by atoms with Crippen LogP contribution in [0.2, 0.25) is 0 Å². The quantitative estimate of drug-likeness (QED) is 0.551. The van der Waals surface area contributed by atoms with Gasteiger partial charge in [-0.25, -0.2) is 0 Å². The van der Waals surface area contributed by atoms with E-state index in [9.17, 15) is 4.79 Å². The van der Waals surface area contributed by atoms with Crippen LogP contribution in [-0.2, 0) is 4.79 Å². The molecule has 0 aromatic heterocycles. The zero-order chi connectivity index (χ0) is 9.40. The second kappa shape index (κ2) is 7.25. The summed E-state index contributed by atoms with van der Waals surface area (Å²) in [7, 11) is 0. The van der Waals surface area contributed by atoms with Crippen LogP contribution in [0.5, 0.6) is 0 Å². The van der Waals surface area contributed by atoms with Crippen LogP contribution in [0, 0.1) is 0 Å². The minimum atomic E-state index is -0.385. The molecule has 0 spiro atoms. The fourth-order valence-corrected chi connectivity index (χ4v) is 0.939. The van der Waals surface area contributed by atoms with E-state index in [-0.39, 0.29) is 6.04 Å². The number of hydrogen-bond acceptors (Lipinski definition) is 3. The molecule has 0 amide bonds. The van der Waals surface area contributed by atoms with E-state index in [0.717, 1.165) is 25.8 Å². The number of carbonyl (C=O) groups excluding carboxylic acids is 1. The molecule has 0 bridgehead atoms. The van der Waals surface area contributed by atoms with Gasteiger partial charge in [-0.1, -0.05) is 20.3 Å². The Labute approximate surface area is 74.7 Å². The van der Waals surface area contributed by atoms with Gasteiger partial charge in [0, 0.05) is 6.04 Å². The summed E-state index contributed by atoms with van der Waals surface area (Å²) >= 11 is 0. The number of hydrogen-bond donors (Lipinski definition) is 2. The number of nitrogens with one attached hydrogen (secondary N) is 1. The van der Waals surface area contributed by atoms with Crippen molar-refractivity contribution in [2.75, 3.05) is 6.54 Å². The maximum absolute atomic E-state index is 10.0. The second-order valence-corrected chi connectivity index (χ2v) is 3.33. The third-order valence-corrected chi connectivity index (χ3v) is 1.65. The van der Waals surface area contributed by atoms with Crippen LogP contribution in [-0.4, -0.2) is 24.9 Å². The smallest absolute Gasteiger partial charge is 0.216 e. The topological polar surface area (TPSA) is 55.1 Å². The number of rotatable bonds is 7. The summed E-state index contributed by atoms with van der Waals surface area (Å²) in [6, 6.07) is 0.153. The van der Waals surface area contributed by atoms with Gasteiger partial charge in [0.25, 0.3) is 0 Å². The first-order chi connectivity index (χ1) is 5.66. The van der Waals surface area contributed by atoms with Crippen LogP contribution in [0.4, 0.5) is 0 Å². The minimum absolute atomic E-state index is 0.385. The zero-order valence-corrected chi connectivity index (χ0v) is 7.97. The van der Waals surface area contributed by atoms with E-state index in [4.69, 9.17) is 5.73 Å². The monoisotopic (exact) mass is 171 g/mol. The van der Waals surface area contributed by atoms with Crippen LogP contribution in [0.15, 0.2) is 0 Å². The van der Waals surface area contributed by atoms with E-state index in [2.05, 4.69) is 19.2 Å². The third kappa shape index (κ3) is 7.69. The van der Waals surface area contributed by atoms with Crippen molar-refractivity contribution in [1.82, 2.24) is 5.32 Å². The summed E-state index contributed by atoms with van der Waals surface area (Å²) in [5.41, 5.74) is 5.37. The molecule has 0 saturated heterocycles. The van der Waals surface area contributed by atoms with E-state index < -0.39 is 0 Å². The fraction of sp³-hybridized carbons (Fsp3) is 0.889. The highest BCUT2D eigenvalue weighted by molar-refractivity contribution is 5.57. The van der Waals surface area contributed by atoms with Crippen molar-refractivity contribution in [2.45, 2.75) is 45.2 Å². The van der Waals surface area contributed by atoms with Gasteiger partial charge in [-0.2, -0.15) is 0 Å². The molecule has 1 radical (unpaired) electrons. The van der Waals surface area contributed by atoms with Crippen molar-refractivity contribution in [2.24, 2.45) is 5.73 Å². The molecule has 12 heavy (non-hydrogen) atoms. The average molecular weight is 171 g/mol. The van der Waals surface area contributed by atoms with E-state index in [1.54, 1.807) is 6.29 Å². The van der Waals surface area contributed by atoms with Gasteiger partial charge in [0.15, 0.2) is 0 Å². The van der Waals surface area contributed by atoms with Gasteiger partial charge in [0.05, 0.1) is 6.04 Å². The third-order valence-electron chi connectivity index (χ3n) is 1.65. The molecular weight excluding hydrogens is 152 g/mol. The molecule has 0 aromatic carbocycles. The highest BCUT2D eigenvalue weighted by atomic mass is 16.1. The van der Waals surface area contributed by atoms with Crippen molar-refractivity contribution < 1.29 is 4.79 Å². The summed E-state index contributed by atoms with van der Waals surface area (Å²) in [4.78, 5) is 10.0. The summed E-state index contributed by atoms with van der Waals surface area (Å²) in [5.74, 6) is 0. The normalized spacial score (nSPS) is 13.3. The van der Waals surface area contributed by atoms with Gasteiger partial charge in [-0.15, -0.1) is 0 Å². The largest absolute Gasteiger partial charge is 0.321 e. The lowest BCUT2D eigenvalue weighted by Crippen LogP contribution is -2.25. The maximum Gasteiger partial charge on any atom is 0.216 e. The van der Waals surface area contributed by atoms with Gasteiger partial charge in [0.1, 0.15) is 0 Å². The molecule has 3 heteroatoms. The Hall–Kier alpha value is -0.410. The SMILES string of the molecule is CC(C)NCCCC[C@H](N)[C]=O. The van der Waals surface area contributed by atoms with Gasteiger partial charge in [-0.3, -0.25) is 4.79 Å². The average Bonchev–Trinajstić information content (AvgIpc) is 2.03. The predicted molar refractivity (Wildman–Crippen MR) is 50.7 cm³/mol. The van der Waals surface area contributed by atoms with E-state index in [1.807, 2.05) is 0 Å². The van der Waals surface area contributed by atoms with Gasteiger partial charge >= 0.3 is 0 Å². The van der Waals surface area contributed by atoms with Gasteiger partial charge in [0.2, 0.25) is 6.29 Å². The highest BCUT2D eigenvalue weighted by Crippen LogP contribution is 1.96. The van der Waals surface area contributed by atoms with E-state index in [1.165, 1.54) is 0 Å². The first-order valence-corrected chi connectivity index (χ1v) is 4.53. The Morgan fingerprint density at radius 2 is 2.08 bits per heavy atom. The Morgan fingerprint density at radius 1 is 1.42 bits per heavy atom. The molecule has 1 atom stereocenters. The first-order valence-electron chi connectivity index (χ1n) is 4.53. The molecule has 3 nitrogen and oxygen atoms in total. The lowest BCUT2D eigenvalue weighted by atomic mass is 10.1. The molecule has 0 unspecified atom stereocenters. The van der Waals surface area contributed by atoms with Crippen molar-refractivity contribution in [3.8, 4) is 0 Å². The first kappa shape index (κ1) is 11.6. The Morgan fingerprint density at radius 3 is 2.58 bits per heavy atom. The molecule has 3 N–H and O–H groups in total. The van der Waals surface area contributed by atoms with Crippen LogP contribution < -0.4 is 11.1 Å².